The number of rotatable bonds is 2. The average molecular weight is 347 g/mol. The zero-order chi connectivity index (χ0) is 13.4. The molecule has 0 amide bonds. The monoisotopic (exact) mass is 345 g/mol. The van der Waals surface area contributed by atoms with Crippen molar-refractivity contribution in [2.75, 3.05) is 0 Å². The highest BCUT2D eigenvalue weighted by molar-refractivity contribution is 9.10. The summed E-state index contributed by atoms with van der Waals surface area (Å²) in [5, 5.41) is 10.9. The van der Waals surface area contributed by atoms with Gasteiger partial charge in [-0.1, -0.05) is 37.0 Å². The first-order valence-corrected chi connectivity index (χ1v) is 6.99. The van der Waals surface area contributed by atoms with E-state index >= 15 is 0 Å². The fourth-order valence-corrected chi connectivity index (χ4v) is 2.97. The molecule has 0 saturated heterocycles. The van der Waals surface area contributed by atoms with E-state index in [0.29, 0.717) is 31.8 Å². The Morgan fingerprint density at radius 2 is 2.11 bits per heavy atom. The van der Waals surface area contributed by atoms with Crippen LogP contribution in [0, 0.1) is 17.2 Å². The van der Waals surface area contributed by atoms with Gasteiger partial charge in [-0.3, -0.25) is 0 Å². The Bertz CT molecular complexity index is 655. The number of nitriles is 1. The van der Waals surface area contributed by atoms with Crippen LogP contribution in [0.4, 0.5) is 0 Å². The molecule has 1 aromatic heterocycles. The van der Waals surface area contributed by atoms with Gasteiger partial charge in [0.25, 0.3) is 0 Å². The molecule has 2 nitrogen and oxygen atoms in total. The van der Waals surface area contributed by atoms with Crippen LogP contribution in [-0.2, 0) is 6.42 Å². The van der Waals surface area contributed by atoms with Crippen LogP contribution < -0.4 is 0 Å². The molecule has 0 N–H and O–H groups in total. The molecule has 0 fully saturated rings. The van der Waals surface area contributed by atoms with Gasteiger partial charge in [-0.2, -0.15) is 5.26 Å². The van der Waals surface area contributed by atoms with Crippen molar-refractivity contribution in [3.8, 4) is 6.07 Å². The van der Waals surface area contributed by atoms with E-state index in [0.717, 1.165) is 17.4 Å². The van der Waals surface area contributed by atoms with Gasteiger partial charge in [0.1, 0.15) is 6.07 Å². The summed E-state index contributed by atoms with van der Waals surface area (Å²) in [6, 6.07) is 3.74. The van der Waals surface area contributed by atoms with E-state index in [1.54, 1.807) is 6.07 Å². The van der Waals surface area contributed by atoms with Crippen LogP contribution in [0.1, 0.15) is 25.2 Å². The Balaban J connectivity index is 2.85. The van der Waals surface area contributed by atoms with E-state index in [-0.39, 0.29) is 0 Å². The molecular formula is C13H10BrCl2NO. The summed E-state index contributed by atoms with van der Waals surface area (Å²) in [6.45, 7) is 4.15. The predicted octanol–water partition coefficient (Wildman–Crippen LogP) is 5.57. The summed E-state index contributed by atoms with van der Waals surface area (Å²) in [5.41, 5.74) is 1.31. The molecule has 94 valence electrons. The van der Waals surface area contributed by atoms with Crippen LogP contribution >= 0.6 is 39.1 Å². The lowest BCUT2D eigenvalue weighted by Crippen LogP contribution is -1.95. The highest BCUT2D eigenvalue weighted by atomic mass is 79.9. The molecule has 1 heterocycles. The number of benzene rings is 1. The quantitative estimate of drug-likeness (QED) is 0.666. The number of furan rings is 1. The molecule has 0 aliphatic heterocycles. The fraction of sp³-hybridized carbons (Fsp3) is 0.308. The summed E-state index contributed by atoms with van der Waals surface area (Å²) in [4.78, 5) is 0. The van der Waals surface area contributed by atoms with Crippen molar-refractivity contribution < 1.29 is 4.42 Å². The maximum Gasteiger partial charge on any atom is 0.208 e. The van der Waals surface area contributed by atoms with Crippen molar-refractivity contribution >= 4 is 50.1 Å². The fourth-order valence-electron chi connectivity index (χ4n) is 1.92. The third-order valence-electron chi connectivity index (χ3n) is 2.62. The van der Waals surface area contributed by atoms with Crippen molar-refractivity contribution in [3.05, 3.63) is 31.9 Å². The predicted molar refractivity (Wildman–Crippen MR) is 77.2 cm³/mol. The van der Waals surface area contributed by atoms with Crippen LogP contribution in [0.5, 0.6) is 0 Å². The first-order valence-electron chi connectivity index (χ1n) is 5.44. The lowest BCUT2D eigenvalue weighted by atomic mass is 10.00. The second-order valence-electron chi connectivity index (χ2n) is 4.48. The molecule has 1 aromatic carbocycles. The Kier molecular flexibility index (Phi) is 3.91. The minimum Gasteiger partial charge on any atom is -0.444 e. The average Bonchev–Trinajstić information content (AvgIpc) is 2.65. The first kappa shape index (κ1) is 13.7. The minimum atomic E-state index is 0.292. The van der Waals surface area contributed by atoms with Crippen LogP contribution in [0.3, 0.4) is 0 Å². The Labute approximate surface area is 124 Å². The van der Waals surface area contributed by atoms with Crippen LogP contribution in [0.2, 0.25) is 10.0 Å². The van der Waals surface area contributed by atoms with Crippen molar-refractivity contribution in [1.82, 2.24) is 0 Å². The molecule has 0 spiro atoms. The van der Waals surface area contributed by atoms with Gasteiger partial charge < -0.3 is 4.42 Å². The molecule has 0 saturated carbocycles. The van der Waals surface area contributed by atoms with Gasteiger partial charge in [0.15, 0.2) is 5.58 Å². The van der Waals surface area contributed by atoms with E-state index in [9.17, 15) is 0 Å². The number of halogens is 3. The Hall–Kier alpha value is -0.690. The van der Waals surface area contributed by atoms with E-state index in [2.05, 4.69) is 35.8 Å². The molecule has 0 bridgehead atoms. The van der Waals surface area contributed by atoms with Crippen LogP contribution in [0.15, 0.2) is 15.0 Å². The summed E-state index contributed by atoms with van der Waals surface area (Å²) in [6.07, 6.45) is 0.725. The SMILES string of the molecule is CC(C)Cc1c(C#N)oc2c(Cl)cc(Br)c(Cl)c12. The second-order valence-corrected chi connectivity index (χ2v) is 6.12. The molecule has 5 heteroatoms. The van der Waals surface area contributed by atoms with Gasteiger partial charge in [-0.05, 0) is 34.3 Å². The van der Waals surface area contributed by atoms with Crippen LogP contribution in [-0.4, -0.2) is 0 Å². The smallest absolute Gasteiger partial charge is 0.208 e. The van der Waals surface area contributed by atoms with Crippen molar-refractivity contribution in [2.24, 2.45) is 5.92 Å². The molecule has 0 aliphatic rings. The summed E-state index contributed by atoms with van der Waals surface area (Å²) in [7, 11) is 0. The summed E-state index contributed by atoms with van der Waals surface area (Å²) >= 11 is 15.8. The van der Waals surface area contributed by atoms with Crippen LogP contribution in [0.25, 0.3) is 11.0 Å². The van der Waals surface area contributed by atoms with Gasteiger partial charge in [-0.15, -0.1) is 0 Å². The highest BCUT2D eigenvalue weighted by Gasteiger charge is 2.21. The van der Waals surface area contributed by atoms with E-state index in [4.69, 9.17) is 32.9 Å². The van der Waals surface area contributed by atoms with Gasteiger partial charge in [0.05, 0.1) is 10.0 Å². The topological polar surface area (TPSA) is 36.9 Å². The lowest BCUT2D eigenvalue weighted by molar-refractivity contribution is 0.579. The van der Waals surface area contributed by atoms with Gasteiger partial charge in [0, 0.05) is 15.4 Å². The van der Waals surface area contributed by atoms with Crippen molar-refractivity contribution in [1.29, 1.82) is 5.26 Å². The number of hydrogen-bond donors (Lipinski definition) is 0. The molecule has 0 radical (unpaired) electrons. The zero-order valence-corrected chi connectivity index (χ0v) is 12.9. The Morgan fingerprint density at radius 1 is 1.44 bits per heavy atom. The molecule has 0 atom stereocenters. The normalized spacial score (nSPS) is 11.2. The number of fused-ring (bicyclic) bond motifs is 1. The molecule has 0 aliphatic carbocycles. The number of nitrogens with zero attached hydrogens (tertiary/aromatic N) is 1. The number of hydrogen-bond acceptors (Lipinski definition) is 2. The first-order chi connectivity index (χ1) is 8.45. The van der Waals surface area contributed by atoms with Crippen molar-refractivity contribution in [3.63, 3.8) is 0 Å². The Morgan fingerprint density at radius 3 is 2.67 bits per heavy atom. The minimum absolute atomic E-state index is 0.292. The standard InChI is InChI=1S/C13H10BrCl2NO/c1-6(2)3-7-10(5-17)18-13-9(15)4-8(14)12(16)11(7)13/h4,6H,3H2,1-2H3. The largest absolute Gasteiger partial charge is 0.444 e. The molecule has 18 heavy (non-hydrogen) atoms. The van der Waals surface area contributed by atoms with E-state index < -0.39 is 0 Å². The molecule has 0 unspecified atom stereocenters. The zero-order valence-electron chi connectivity index (χ0n) is 9.85. The maximum atomic E-state index is 9.14. The molecule has 2 rings (SSSR count). The lowest BCUT2D eigenvalue weighted by Gasteiger charge is -2.05. The maximum absolute atomic E-state index is 9.14. The summed E-state index contributed by atoms with van der Waals surface area (Å²) in [5.74, 6) is 0.687. The third-order valence-corrected chi connectivity index (χ3v) is 4.15. The van der Waals surface area contributed by atoms with Gasteiger partial charge >= 0.3 is 0 Å². The van der Waals surface area contributed by atoms with E-state index in [1.807, 2.05) is 0 Å². The van der Waals surface area contributed by atoms with Gasteiger partial charge in [-0.25, -0.2) is 0 Å². The van der Waals surface area contributed by atoms with Gasteiger partial charge in [0.2, 0.25) is 5.76 Å². The molecule has 2 aromatic rings. The third kappa shape index (κ3) is 2.25. The van der Waals surface area contributed by atoms with E-state index in [1.165, 1.54) is 0 Å². The highest BCUT2D eigenvalue weighted by Crippen LogP contribution is 2.41. The second kappa shape index (κ2) is 5.13. The molecular weight excluding hydrogens is 337 g/mol. The van der Waals surface area contributed by atoms with Crippen molar-refractivity contribution in [2.45, 2.75) is 20.3 Å². The summed E-state index contributed by atoms with van der Waals surface area (Å²) < 4.78 is 6.22.